The first-order valence-corrected chi connectivity index (χ1v) is 11.5. The summed E-state index contributed by atoms with van der Waals surface area (Å²) in [6.07, 6.45) is 0.721. The van der Waals surface area contributed by atoms with Gasteiger partial charge in [0.1, 0.15) is 5.82 Å². The zero-order valence-corrected chi connectivity index (χ0v) is 19.0. The van der Waals surface area contributed by atoms with Crippen molar-refractivity contribution < 1.29 is 18.7 Å². The van der Waals surface area contributed by atoms with Gasteiger partial charge < -0.3 is 10.1 Å². The molecule has 0 saturated heterocycles. The minimum Gasteiger partial charge on any atom is -0.452 e. The quantitative estimate of drug-likeness (QED) is 0.414. The van der Waals surface area contributed by atoms with Gasteiger partial charge in [-0.2, -0.15) is 0 Å². The van der Waals surface area contributed by atoms with Crippen LogP contribution in [0.25, 0.3) is 10.9 Å². The number of esters is 1. The van der Waals surface area contributed by atoms with Gasteiger partial charge in [-0.25, -0.2) is 9.18 Å². The molecule has 0 saturated carbocycles. The van der Waals surface area contributed by atoms with Gasteiger partial charge in [-0.05, 0) is 35.9 Å². The Morgan fingerprint density at radius 3 is 2.51 bits per heavy atom. The average molecular weight is 470 g/mol. The van der Waals surface area contributed by atoms with Crippen molar-refractivity contribution in [3.8, 4) is 0 Å². The zero-order chi connectivity index (χ0) is 24.2. The summed E-state index contributed by atoms with van der Waals surface area (Å²) in [4.78, 5) is 32.7. The van der Waals surface area contributed by atoms with E-state index in [1.807, 2.05) is 42.5 Å². The largest absolute Gasteiger partial charge is 0.452 e. The molecule has 6 nitrogen and oxygen atoms in total. The van der Waals surface area contributed by atoms with Crippen molar-refractivity contribution in [2.45, 2.75) is 19.5 Å². The van der Waals surface area contributed by atoms with Gasteiger partial charge in [-0.1, -0.05) is 48.5 Å². The Morgan fingerprint density at radius 2 is 1.71 bits per heavy atom. The number of hydrogen-bond donors (Lipinski definition) is 1. The highest BCUT2D eigenvalue weighted by molar-refractivity contribution is 6.06. The summed E-state index contributed by atoms with van der Waals surface area (Å²) in [6, 6.07) is 23.1. The Bertz CT molecular complexity index is 1370. The van der Waals surface area contributed by atoms with E-state index in [0.29, 0.717) is 23.2 Å². The van der Waals surface area contributed by atoms with E-state index in [1.54, 1.807) is 0 Å². The van der Waals surface area contributed by atoms with Crippen LogP contribution in [0.4, 0.5) is 10.1 Å². The smallest absolute Gasteiger partial charge is 0.339 e. The van der Waals surface area contributed by atoms with Crippen LogP contribution in [0.15, 0.2) is 78.9 Å². The molecule has 1 N–H and O–H groups in total. The third-order valence-corrected chi connectivity index (χ3v) is 6.04. The first kappa shape index (κ1) is 22.7. The molecule has 2 heterocycles. The second-order valence-electron chi connectivity index (χ2n) is 8.51. The monoisotopic (exact) mass is 469 g/mol. The van der Waals surface area contributed by atoms with Gasteiger partial charge in [0.2, 0.25) is 0 Å². The number of benzene rings is 3. The first-order chi connectivity index (χ1) is 17.1. The Hall–Kier alpha value is -4.10. The van der Waals surface area contributed by atoms with E-state index in [9.17, 15) is 14.0 Å². The number of hydrogen-bond acceptors (Lipinski definition) is 5. The fraction of sp³-hybridized carbons (Fsp3) is 0.179. The SMILES string of the molecule is O=C(COC(=O)c1c2c(nc3ccccc13)CCN(Cc1ccccc1)C2)Nc1ccc(F)cc1. The van der Waals surface area contributed by atoms with Crippen LogP contribution >= 0.6 is 0 Å². The Balaban J connectivity index is 1.37. The fourth-order valence-electron chi connectivity index (χ4n) is 4.39. The van der Waals surface area contributed by atoms with Gasteiger partial charge in [-0.3, -0.25) is 14.7 Å². The third kappa shape index (κ3) is 5.20. The average Bonchev–Trinajstić information content (AvgIpc) is 2.88. The van der Waals surface area contributed by atoms with Crippen molar-refractivity contribution >= 4 is 28.5 Å². The van der Waals surface area contributed by atoms with Gasteiger partial charge in [0.05, 0.1) is 11.1 Å². The fourth-order valence-corrected chi connectivity index (χ4v) is 4.39. The van der Waals surface area contributed by atoms with E-state index in [-0.39, 0.29) is 0 Å². The lowest BCUT2D eigenvalue weighted by molar-refractivity contribution is -0.119. The maximum atomic E-state index is 13.3. The molecule has 0 radical (unpaired) electrons. The van der Waals surface area contributed by atoms with Crippen LogP contribution in [-0.4, -0.2) is 34.9 Å². The normalized spacial score (nSPS) is 13.3. The number of nitrogens with one attached hydrogen (secondary N) is 1. The Morgan fingerprint density at radius 1 is 0.971 bits per heavy atom. The predicted molar refractivity (Wildman–Crippen MR) is 131 cm³/mol. The van der Waals surface area contributed by atoms with E-state index >= 15 is 0 Å². The molecule has 0 atom stereocenters. The second-order valence-corrected chi connectivity index (χ2v) is 8.51. The summed E-state index contributed by atoms with van der Waals surface area (Å²) in [5, 5.41) is 3.31. The summed E-state index contributed by atoms with van der Waals surface area (Å²) in [5.41, 5.74) is 4.54. The van der Waals surface area contributed by atoms with Crippen LogP contribution in [0.2, 0.25) is 0 Å². The molecule has 0 spiro atoms. The predicted octanol–water partition coefficient (Wildman–Crippen LogP) is 4.73. The van der Waals surface area contributed by atoms with Crippen LogP contribution in [0.1, 0.15) is 27.2 Å². The first-order valence-electron chi connectivity index (χ1n) is 11.5. The van der Waals surface area contributed by atoms with Gasteiger partial charge in [-0.15, -0.1) is 0 Å². The molecular weight excluding hydrogens is 445 g/mol. The van der Waals surface area contributed by atoms with E-state index in [0.717, 1.165) is 36.3 Å². The molecule has 0 aliphatic carbocycles. The van der Waals surface area contributed by atoms with Crippen LogP contribution in [0.5, 0.6) is 0 Å². The molecule has 35 heavy (non-hydrogen) atoms. The minimum absolute atomic E-state index is 0.398. The van der Waals surface area contributed by atoms with Crippen molar-refractivity contribution in [2.24, 2.45) is 0 Å². The molecule has 4 aromatic rings. The molecule has 0 bridgehead atoms. The Kier molecular flexibility index (Phi) is 6.50. The molecule has 1 aromatic heterocycles. The van der Waals surface area contributed by atoms with Crippen molar-refractivity contribution in [3.63, 3.8) is 0 Å². The summed E-state index contributed by atoms with van der Waals surface area (Å²) in [5.74, 6) is -1.45. The molecule has 0 fully saturated rings. The molecule has 5 rings (SSSR count). The van der Waals surface area contributed by atoms with Gasteiger partial charge in [0, 0.05) is 48.4 Å². The maximum absolute atomic E-state index is 13.3. The molecular formula is C28H24FN3O3. The van der Waals surface area contributed by atoms with Crippen LogP contribution in [0, 0.1) is 5.82 Å². The van der Waals surface area contributed by atoms with Crippen molar-refractivity contribution in [1.29, 1.82) is 0 Å². The van der Waals surface area contributed by atoms with E-state index in [1.165, 1.54) is 29.8 Å². The number of pyridine rings is 1. The number of amides is 1. The van der Waals surface area contributed by atoms with Gasteiger partial charge in [0.25, 0.3) is 5.91 Å². The van der Waals surface area contributed by atoms with E-state index in [2.05, 4.69) is 22.3 Å². The van der Waals surface area contributed by atoms with Gasteiger partial charge in [0.15, 0.2) is 6.61 Å². The molecule has 1 amide bonds. The number of anilines is 1. The van der Waals surface area contributed by atoms with Crippen molar-refractivity contribution in [1.82, 2.24) is 9.88 Å². The highest BCUT2D eigenvalue weighted by Crippen LogP contribution is 2.29. The molecule has 1 aliphatic heterocycles. The summed E-state index contributed by atoms with van der Waals surface area (Å²) in [6.45, 7) is 1.72. The highest BCUT2D eigenvalue weighted by Gasteiger charge is 2.27. The van der Waals surface area contributed by atoms with E-state index < -0.39 is 24.3 Å². The molecule has 7 heteroatoms. The zero-order valence-electron chi connectivity index (χ0n) is 19.0. The van der Waals surface area contributed by atoms with Crippen LogP contribution in [-0.2, 0) is 29.0 Å². The molecule has 3 aromatic carbocycles. The number of para-hydroxylation sites is 1. The number of halogens is 1. The number of rotatable bonds is 6. The standard InChI is InChI=1S/C28H24FN3O3/c29-20-10-12-21(13-11-20)30-26(33)18-35-28(34)27-22-8-4-5-9-24(22)31-25-14-15-32(17-23(25)27)16-19-6-2-1-3-7-19/h1-13H,14-18H2,(H,30,33). The van der Waals surface area contributed by atoms with Crippen LogP contribution < -0.4 is 5.32 Å². The molecule has 176 valence electrons. The number of carbonyl (C=O) groups excluding carboxylic acids is 2. The number of carbonyl (C=O) groups is 2. The molecule has 1 aliphatic rings. The number of aromatic nitrogens is 1. The Labute approximate surface area is 202 Å². The lowest BCUT2D eigenvalue weighted by atomic mass is 9.95. The lowest BCUT2D eigenvalue weighted by Gasteiger charge is -2.30. The summed E-state index contributed by atoms with van der Waals surface area (Å²) < 4.78 is 18.5. The number of ether oxygens (including phenoxy) is 1. The van der Waals surface area contributed by atoms with E-state index in [4.69, 9.17) is 9.72 Å². The summed E-state index contributed by atoms with van der Waals surface area (Å²) >= 11 is 0. The molecule has 0 unspecified atom stereocenters. The highest BCUT2D eigenvalue weighted by atomic mass is 19.1. The maximum Gasteiger partial charge on any atom is 0.339 e. The number of nitrogens with zero attached hydrogens (tertiary/aromatic N) is 2. The van der Waals surface area contributed by atoms with Crippen molar-refractivity contribution in [3.05, 3.63) is 107 Å². The van der Waals surface area contributed by atoms with Crippen molar-refractivity contribution in [2.75, 3.05) is 18.5 Å². The number of fused-ring (bicyclic) bond motifs is 2. The summed E-state index contributed by atoms with van der Waals surface area (Å²) in [7, 11) is 0. The topological polar surface area (TPSA) is 71.5 Å². The minimum atomic E-state index is -0.560. The third-order valence-electron chi connectivity index (χ3n) is 6.04. The lowest BCUT2D eigenvalue weighted by Crippen LogP contribution is -2.32. The van der Waals surface area contributed by atoms with Crippen LogP contribution in [0.3, 0.4) is 0 Å². The van der Waals surface area contributed by atoms with Gasteiger partial charge >= 0.3 is 5.97 Å². The second kappa shape index (κ2) is 10.0.